The van der Waals surface area contributed by atoms with Crippen LogP contribution in [0.3, 0.4) is 0 Å². The molecule has 1 heterocycles. The summed E-state index contributed by atoms with van der Waals surface area (Å²) in [6.45, 7) is 10.9. The van der Waals surface area contributed by atoms with E-state index in [-0.39, 0.29) is 11.2 Å². The third-order valence-corrected chi connectivity index (χ3v) is 4.64. The number of carbonyl (C=O) groups excluding carboxylic acids is 1. The molecule has 0 aliphatic carbocycles. The summed E-state index contributed by atoms with van der Waals surface area (Å²) in [5.41, 5.74) is 2.23. The van der Waals surface area contributed by atoms with E-state index in [9.17, 15) is 4.79 Å². The molecule has 1 aliphatic rings. The third-order valence-electron chi connectivity index (χ3n) is 4.64. The minimum Gasteiger partial charge on any atom is -0.377 e. The van der Waals surface area contributed by atoms with Crippen LogP contribution in [0.1, 0.15) is 46.1 Å². The Hall–Kier alpha value is -1.83. The molecule has 0 bridgehead atoms. The fourth-order valence-corrected chi connectivity index (χ4v) is 3.16. The number of rotatable bonds is 7. The fourth-order valence-electron chi connectivity index (χ4n) is 3.16. The molecular weight excluding hydrogens is 294 g/mol. The molecule has 0 amide bonds. The van der Waals surface area contributed by atoms with Gasteiger partial charge in [0.15, 0.2) is 5.78 Å². The molecular formula is C22H31NO. The van der Waals surface area contributed by atoms with Crippen LogP contribution in [0.2, 0.25) is 0 Å². The van der Waals surface area contributed by atoms with Crippen molar-refractivity contribution in [2.24, 2.45) is 11.3 Å². The van der Waals surface area contributed by atoms with Crippen molar-refractivity contribution in [3.63, 3.8) is 0 Å². The van der Waals surface area contributed by atoms with Crippen LogP contribution in [0.15, 0.2) is 54.3 Å². The SMILES string of the molecule is CC(C)CN1C=C(C(=O)/C=C/CCc2ccccc2)C(C)(C)CC1. The first-order valence-electron chi connectivity index (χ1n) is 9.09. The highest BCUT2D eigenvalue weighted by Gasteiger charge is 2.31. The maximum atomic E-state index is 12.7. The molecule has 1 aromatic rings. The lowest BCUT2D eigenvalue weighted by Crippen LogP contribution is -2.36. The van der Waals surface area contributed by atoms with Crippen LogP contribution in [0.25, 0.3) is 0 Å². The predicted octanol–water partition coefficient (Wildman–Crippen LogP) is 5.02. The maximum Gasteiger partial charge on any atom is 0.183 e. The zero-order valence-electron chi connectivity index (χ0n) is 15.6. The van der Waals surface area contributed by atoms with E-state index in [1.807, 2.05) is 12.1 Å². The Labute approximate surface area is 147 Å². The minimum absolute atomic E-state index is 0.0334. The van der Waals surface area contributed by atoms with E-state index < -0.39 is 0 Å². The number of allylic oxidation sites excluding steroid dienone is 3. The molecule has 0 unspecified atom stereocenters. The summed E-state index contributed by atoms with van der Waals surface area (Å²) in [4.78, 5) is 15.0. The Balaban J connectivity index is 1.97. The summed E-state index contributed by atoms with van der Waals surface area (Å²) in [6.07, 6.45) is 8.82. The van der Waals surface area contributed by atoms with Gasteiger partial charge in [0.1, 0.15) is 0 Å². The zero-order valence-corrected chi connectivity index (χ0v) is 15.6. The monoisotopic (exact) mass is 325 g/mol. The Kier molecular flexibility index (Phi) is 6.42. The molecule has 0 radical (unpaired) electrons. The van der Waals surface area contributed by atoms with Gasteiger partial charge in [-0.15, -0.1) is 0 Å². The van der Waals surface area contributed by atoms with Crippen molar-refractivity contribution in [1.82, 2.24) is 4.90 Å². The van der Waals surface area contributed by atoms with E-state index in [1.165, 1.54) is 5.56 Å². The average molecular weight is 325 g/mol. The minimum atomic E-state index is -0.0334. The number of nitrogens with zero attached hydrogens (tertiary/aromatic N) is 1. The maximum absolute atomic E-state index is 12.7. The molecule has 0 atom stereocenters. The Morgan fingerprint density at radius 2 is 1.96 bits per heavy atom. The van der Waals surface area contributed by atoms with E-state index in [4.69, 9.17) is 0 Å². The van der Waals surface area contributed by atoms with Crippen molar-refractivity contribution in [2.45, 2.75) is 47.0 Å². The van der Waals surface area contributed by atoms with Crippen LogP contribution in [0.4, 0.5) is 0 Å². The van der Waals surface area contributed by atoms with Gasteiger partial charge in [0.05, 0.1) is 0 Å². The molecule has 1 aliphatic heterocycles. The van der Waals surface area contributed by atoms with Crippen LogP contribution in [-0.4, -0.2) is 23.8 Å². The molecule has 0 fully saturated rings. The number of hydrogen-bond acceptors (Lipinski definition) is 2. The summed E-state index contributed by atoms with van der Waals surface area (Å²) < 4.78 is 0. The Bertz CT molecular complexity index is 596. The first kappa shape index (κ1) is 18.5. The number of aryl methyl sites for hydroxylation is 1. The second-order valence-electron chi connectivity index (χ2n) is 7.86. The molecule has 0 spiro atoms. The quantitative estimate of drug-likeness (QED) is 0.656. The van der Waals surface area contributed by atoms with Crippen molar-refractivity contribution in [1.29, 1.82) is 0 Å². The molecule has 0 saturated carbocycles. The second-order valence-corrected chi connectivity index (χ2v) is 7.86. The van der Waals surface area contributed by atoms with Crippen LogP contribution in [0.5, 0.6) is 0 Å². The molecule has 2 rings (SSSR count). The zero-order chi connectivity index (χ0) is 17.6. The molecule has 0 N–H and O–H groups in total. The van der Waals surface area contributed by atoms with Gasteiger partial charge < -0.3 is 4.90 Å². The van der Waals surface area contributed by atoms with E-state index >= 15 is 0 Å². The Morgan fingerprint density at radius 1 is 1.25 bits per heavy atom. The topological polar surface area (TPSA) is 20.3 Å². The second kappa shape index (κ2) is 8.32. The van der Waals surface area contributed by atoms with Crippen LogP contribution in [-0.2, 0) is 11.2 Å². The summed E-state index contributed by atoms with van der Waals surface area (Å²) in [5, 5.41) is 0. The van der Waals surface area contributed by atoms with Gasteiger partial charge in [-0.1, -0.05) is 64.1 Å². The van der Waals surface area contributed by atoms with Gasteiger partial charge in [0, 0.05) is 24.9 Å². The van der Waals surface area contributed by atoms with E-state index in [0.717, 1.165) is 37.9 Å². The summed E-state index contributed by atoms with van der Waals surface area (Å²) in [6, 6.07) is 10.4. The number of hydrogen-bond donors (Lipinski definition) is 0. The molecule has 2 heteroatoms. The average Bonchev–Trinajstić information content (AvgIpc) is 2.53. The van der Waals surface area contributed by atoms with Crippen molar-refractivity contribution >= 4 is 5.78 Å². The first-order valence-corrected chi connectivity index (χ1v) is 9.09. The van der Waals surface area contributed by atoms with Crippen molar-refractivity contribution in [3.05, 3.63) is 59.8 Å². The van der Waals surface area contributed by atoms with Gasteiger partial charge in [0.25, 0.3) is 0 Å². The molecule has 0 aromatic heterocycles. The predicted molar refractivity (Wildman–Crippen MR) is 102 cm³/mol. The number of benzene rings is 1. The Morgan fingerprint density at radius 3 is 2.62 bits per heavy atom. The van der Waals surface area contributed by atoms with Crippen molar-refractivity contribution in [3.8, 4) is 0 Å². The lowest BCUT2D eigenvalue weighted by atomic mass is 9.77. The van der Waals surface area contributed by atoms with Gasteiger partial charge in [-0.05, 0) is 42.2 Å². The highest BCUT2D eigenvalue weighted by atomic mass is 16.1. The van der Waals surface area contributed by atoms with Crippen LogP contribution >= 0.6 is 0 Å². The fraction of sp³-hybridized carbons (Fsp3) is 0.500. The summed E-state index contributed by atoms with van der Waals surface area (Å²) >= 11 is 0. The van der Waals surface area contributed by atoms with Gasteiger partial charge in [-0.2, -0.15) is 0 Å². The molecule has 130 valence electrons. The van der Waals surface area contributed by atoms with Gasteiger partial charge >= 0.3 is 0 Å². The summed E-state index contributed by atoms with van der Waals surface area (Å²) in [7, 11) is 0. The lowest BCUT2D eigenvalue weighted by Gasteiger charge is -2.37. The molecule has 2 nitrogen and oxygen atoms in total. The molecule has 0 saturated heterocycles. The number of ketones is 1. The molecule has 1 aromatic carbocycles. The highest BCUT2D eigenvalue weighted by molar-refractivity contribution is 6.04. The van der Waals surface area contributed by atoms with Gasteiger partial charge in [-0.3, -0.25) is 4.79 Å². The van der Waals surface area contributed by atoms with Gasteiger partial charge in [0.2, 0.25) is 0 Å². The lowest BCUT2D eigenvalue weighted by molar-refractivity contribution is -0.112. The standard InChI is InChI=1S/C22H31NO/c1-18(2)16-23-15-14-22(3,4)20(17-23)21(24)13-9-8-12-19-10-6-5-7-11-19/h5-7,9-11,13,17-18H,8,12,14-16H2,1-4H3/b13-9+. The van der Waals surface area contributed by atoms with E-state index in [2.05, 4.69) is 63.1 Å². The largest absolute Gasteiger partial charge is 0.377 e. The summed E-state index contributed by atoms with van der Waals surface area (Å²) in [5.74, 6) is 0.779. The van der Waals surface area contributed by atoms with Crippen LogP contribution < -0.4 is 0 Å². The normalized spacial score (nSPS) is 17.4. The van der Waals surface area contributed by atoms with Crippen molar-refractivity contribution in [2.75, 3.05) is 13.1 Å². The highest BCUT2D eigenvalue weighted by Crippen LogP contribution is 2.35. The third kappa shape index (κ3) is 5.36. The number of carbonyl (C=O) groups is 1. The van der Waals surface area contributed by atoms with Crippen molar-refractivity contribution < 1.29 is 4.79 Å². The van der Waals surface area contributed by atoms with Gasteiger partial charge in [-0.25, -0.2) is 0 Å². The van der Waals surface area contributed by atoms with E-state index in [1.54, 1.807) is 6.08 Å². The smallest absolute Gasteiger partial charge is 0.183 e. The van der Waals surface area contributed by atoms with Crippen LogP contribution in [0, 0.1) is 11.3 Å². The molecule has 24 heavy (non-hydrogen) atoms. The first-order chi connectivity index (χ1) is 11.4. The van der Waals surface area contributed by atoms with E-state index in [0.29, 0.717) is 5.92 Å².